The van der Waals surface area contributed by atoms with E-state index in [-0.39, 0.29) is 11.9 Å². The molecule has 2 rings (SSSR count). The zero-order chi connectivity index (χ0) is 12.6. The molecule has 1 N–H and O–H groups in total. The third kappa shape index (κ3) is 1.79. The van der Waals surface area contributed by atoms with Crippen LogP contribution in [0.15, 0.2) is 18.2 Å². The third-order valence-corrected chi connectivity index (χ3v) is 3.02. The van der Waals surface area contributed by atoms with Crippen molar-refractivity contribution in [3.63, 3.8) is 0 Å². The fourth-order valence-corrected chi connectivity index (χ4v) is 1.91. The molecule has 0 fully saturated rings. The number of esters is 1. The Morgan fingerprint density at radius 2 is 2.12 bits per heavy atom. The van der Waals surface area contributed by atoms with Gasteiger partial charge in [0, 0.05) is 5.69 Å². The highest BCUT2D eigenvalue weighted by molar-refractivity contribution is 6.06. The van der Waals surface area contributed by atoms with Gasteiger partial charge in [-0.1, -0.05) is 0 Å². The van der Waals surface area contributed by atoms with Crippen LogP contribution in [0, 0.1) is 0 Å². The van der Waals surface area contributed by atoms with Crippen molar-refractivity contribution in [1.29, 1.82) is 0 Å². The molecule has 0 spiro atoms. The van der Waals surface area contributed by atoms with E-state index < -0.39 is 5.41 Å². The highest BCUT2D eigenvalue weighted by Gasteiger charge is 2.38. The second-order valence-corrected chi connectivity index (χ2v) is 4.56. The zero-order valence-corrected chi connectivity index (χ0v) is 10.2. The summed E-state index contributed by atoms with van der Waals surface area (Å²) in [5, 5.41) is 2.79. The largest absolute Gasteiger partial charge is 0.462 e. The Bertz CT molecular complexity index is 491. The number of rotatable bonds is 2. The number of hydrogen-bond donors (Lipinski definition) is 1. The maximum atomic E-state index is 11.7. The molecule has 0 atom stereocenters. The summed E-state index contributed by atoms with van der Waals surface area (Å²) in [6.45, 7) is 5.78. The van der Waals surface area contributed by atoms with Crippen LogP contribution >= 0.6 is 0 Å². The summed E-state index contributed by atoms with van der Waals surface area (Å²) < 4.78 is 4.94. The lowest BCUT2D eigenvalue weighted by Gasteiger charge is -2.15. The number of ether oxygens (including phenoxy) is 1. The summed E-state index contributed by atoms with van der Waals surface area (Å²) in [5.74, 6) is -0.404. The first-order valence-corrected chi connectivity index (χ1v) is 5.60. The van der Waals surface area contributed by atoms with Crippen molar-refractivity contribution in [2.24, 2.45) is 0 Å². The number of fused-ring (bicyclic) bond motifs is 1. The molecule has 0 saturated heterocycles. The van der Waals surface area contributed by atoms with Gasteiger partial charge in [0.2, 0.25) is 5.91 Å². The molecule has 1 heterocycles. The summed E-state index contributed by atoms with van der Waals surface area (Å²) in [4.78, 5) is 23.3. The minimum Gasteiger partial charge on any atom is -0.462 e. The molecule has 4 nitrogen and oxygen atoms in total. The average Bonchev–Trinajstić information content (AvgIpc) is 2.50. The van der Waals surface area contributed by atoms with Gasteiger partial charge in [-0.25, -0.2) is 4.79 Å². The molecule has 1 aliphatic heterocycles. The molecule has 0 unspecified atom stereocenters. The molecule has 0 aliphatic carbocycles. The highest BCUT2D eigenvalue weighted by atomic mass is 16.5. The van der Waals surface area contributed by atoms with Crippen LogP contribution in [-0.4, -0.2) is 18.5 Å². The van der Waals surface area contributed by atoms with Crippen LogP contribution in [0.1, 0.15) is 36.7 Å². The first kappa shape index (κ1) is 11.6. The van der Waals surface area contributed by atoms with Crippen LogP contribution in [0.3, 0.4) is 0 Å². The third-order valence-electron chi connectivity index (χ3n) is 3.02. The predicted molar refractivity (Wildman–Crippen MR) is 64.1 cm³/mol. The van der Waals surface area contributed by atoms with Gasteiger partial charge < -0.3 is 10.1 Å². The Morgan fingerprint density at radius 1 is 1.41 bits per heavy atom. The normalized spacial score (nSPS) is 16.3. The number of anilines is 1. The van der Waals surface area contributed by atoms with Crippen LogP contribution in [-0.2, 0) is 14.9 Å². The first-order valence-electron chi connectivity index (χ1n) is 5.60. The summed E-state index contributed by atoms with van der Waals surface area (Å²) in [7, 11) is 0. The monoisotopic (exact) mass is 233 g/mol. The van der Waals surface area contributed by atoms with Crippen LogP contribution in [0.2, 0.25) is 0 Å². The van der Waals surface area contributed by atoms with Crippen LogP contribution in [0.5, 0.6) is 0 Å². The van der Waals surface area contributed by atoms with E-state index in [1.165, 1.54) is 0 Å². The van der Waals surface area contributed by atoms with Gasteiger partial charge in [0.25, 0.3) is 0 Å². The molecular formula is C13H15NO3. The van der Waals surface area contributed by atoms with E-state index in [4.69, 9.17) is 4.74 Å². The smallest absolute Gasteiger partial charge is 0.338 e. The van der Waals surface area contributed by atoms with Gasteiger partial charge in [-0.2, -0.15) is 0 Å². The first-order chi connectivity index (χ1) is 7.96. The molecule has 90 valence electrons. The molecule has 0 bridgehead atoms. The lowest BCUT2D eigenvalue weighted by Crippen LogP contribution is -2.27. The van der Waals surface area contributed by atoms with Crippen LogP contribution in [0.4, 0.5) is 5.69 Å². The van der Waals surface area contributed by atoms with E-state index in [1.807, 2.05) is 13.8 Å². The minimum absolute atomic E-state index is 0.0477. The number of benzene rings is 1. The molecule has 0 aromatic heterocycles. The molecule has 1 aliphatic rings. The number of nitrogens with one attached hydrogen (secondary N) is 1. The van der Waals surface area contributed by atoms with Gasteiger partial charge in [-0.05, 0) is 44.5 Å². The molecule has 0 saturated carbocycles. The lowest BCUT2D eigenvalue weighted by molar-refractivity contribution is -0.119. The van der Waals surface area contributed by atoms with Crippen molar-refractivity contribution in [3.8, 4) is 0 Å². The highest BCUT2D eigenvalue weighted by Crippen LogP contribution is 2.37. The van der Waals surface area contributed by atoms with Gasteiger partial charge in [-0.3, -0.25) is 4.79 Å². The Morgan fingerprint density at radius 3 is 2.76 bits per heavy atom. The minimum atomic E-state index is -0.599. The average molecular weight is 233 g/mol. The maximum Gasteiger partial charge on any atom is 0.338 e. The summed E-state index contributed by atoms with van der Waals surface area (Å²) in [6.07, 6.45) is 0. The number of carbonyl (C=O) groups is 2. The van der Waals surface area contributed by atoms with E-state index >= 15 is 0 Å². The number of carbonyl (C=O) groups excluding carboxylic acids is 2. The van der Waals surface area contributed by atoms with Gasteiger partial charge in [-0.15, -0.1) is 0 Å². The van der Waals surface area contributed by atoms with Crippen LogP contribution < -0.4 is 5.32 Å². The SMILES string of the molecule is CCOC(=O)c1ccc2c(c1)C(C)(C)C(=O)N2. The van der Waals surface area contributed by atoms with E-state index in [1.54, 1.807) is 25.1 Å². The fraction of sp³-hybridized carbons (Fsp3) is 0.385. The van der Waals surface area contributed by atoms with Gasteiger partial charge in [0.15, 0.2) is 0 Å². The summed E-state index contributed by atoms with van der Waals surface area (Å²) in [5.41, 5.74) is 1.49. The van der Waals surface area contributed by atoms with Gasteiger partial charge >= 0.3 is 5.97 Å². The molecule has 0 radical (unpaired) electrons. The van der Waals surface area contributed by atoms with Crippen molar-refractivity contribution < 1.29 is 14.3 Å². The standard InChI is InChI=1S/C13H15NO3/c1-4-17-11(15)8-5-6-10-9(7-8)13(2,3)12(16)14-10/h5-7H,4H2,1-3H3,(H,14,16). The van der Waals surface area contributed by atoms with Crippen molar-refractivity contribution in [1.82, 2.24) is 0 Å². The van der Waals surface area contributed by atoms with E-state index in [9.17, 15) is 9.59 Å². The van der Waals surface area contributed by atoms with Crippen molar-refractivity contribution in [3.05, 3.63) is 29.3 Å². The zero-order valence-electron chi connectivity index (χ0n) is 10.2. The number of hydrogen-bond acceptors (Lipinski definition) is 3. The van der Waals surface area contributed by atoms with Crippen molar-refractivity contribution in [2.75, 3.05) is 11.9 Å². The molecular weight excluding hydrogens is 218 g/mol. The Balaban J connectivity index is 2.42. The maximum absolute atomic E-state index is 11.7. The number of amides is 1. The Labute approximate surface area is 100.0 Å². The van der Waals surface area contributed by atoms with Gasteiger partial charge in [0.1, 0.15) is 0 Å². The van der Waals surface area contributed by atoms with Gasteiger partial charge in [0.05, 0.1) is 17.6 Å². The molecule has 17 heavy (non-hydrogen) atoms. The summed E-state index contributed by atoms with van der Waals surface area (Å²) in [6, 6.07) is 5.14. The van der Waals surface area contributed by atoms with Crippen molar-refractivity contribution in [2.45, 2.75) is 26.2 Å². The molecule has 1 aromatic carbocycles. The lowest BCUT2D eigenvalue weighted by atomic mass is 9.85. The van der Waals surface area contributed by atoms with E-state index in [0.717, 1.165) is 11.3 Å². The quantitative estimate of drug-likeness (QED) is 0.796. The summed E-state index contributed by atoms with van der Waals surface area (Å²) >= 11 is 0. The fourth-order valence-electron chi connectivity index (χ4n) is 1.91. The molecule has 4 heteroatoms. The second kappa shape index (κ2) is 3.87. The van der Waals surface area contributed by atoms with E-state index in [0.29, 0.717) is 12.2 Å². The second-order valence-electron chi connectivity index (χ2n) is 4.56. The van der Waals surface area contributed by atoms with E-state index in [2.05, 4.69) is 5.32 Å². The Kier molecular flexibility index (Phi) is 2.65. The Hall–Kier alpha value is -1.84. The topological polar surface area (TPSA) is 55.4 Å². The predicted octanol–water partition coefficient (Wildman–Crippen LogP) is 2.09. The van der Waals surface area contributed by atoms with Crippen LogP contribution in [0.25, 0.3) is 0 Å². The van der Waals surface area contributed by atoms with Crippen molar-refractivity contribution >= 4 is 17.6 Å². The molecule has 1 aromatic rings. The molecule has 1 amide bonds.